The number of benzene rings is 1. The van der Waals surface area contributed by atoms with Crippen molar-refractivity contribution < 1.29 is 18.7 Å². The first-order chi connectivity index (χ1) is 9.26. The number of nitrogens with one attached hydrogen (secondary N) is 1. The monoisotopic (exact) mass is 286 g/mol. The van der Waals surface area contributed by atoms with Gasteiger partial charge in [0.05, 0.1) is 11.3 Å². The molecule has 0 saturated heterocycles. The Hall–Kier alpha value is -1.69. The lowest BCUT2D eigenvalue weighted by atomic mass is 9.88. The number of nitrogens with two attached hydrogens (primary N) is 1. The molecule has 0 aliphatic carbocycles. The summed E-state index contributed by atoms with van der Waals surface area (Å²) in [6, 6.07) is 1.65. The SMILES string of the molecule is CC(C)(CCCO)CNC(=O)c1cc(F)cc(N)c1F. The Balaban J connectivity index is 2.73. The quantitative estimate of drug-likeness (QED) is 0.701. The molecule has 4 N–H and O–H groups in total. The minimum absolute atomic E-state index is 0.0758. The molecule has 0 bridgehead atoms. The van der Waals surface area contributed by atoms with Crippen LogP contribution in [0.1, 0.15) is 37.0 Å². The highest BCUT2D eigenvalue weighted by Gasteiger charge is 2.21. The fourth-order valence-corrected chi connectivity index (χ4v) is 1.84. The molecule has 0 fully saturated rings. The van der Waals surface area contributed by atoms with Gasteiger partial charge in [-0.3, -0.25) is 4.79 Å². The van der Waals surface area contributed by atoms with Crippen LogP contribution in [0.4, 0.5) is 14.5 Å². The van der Waals surface area contributed by atoms with E-state index in [1.807, 2.05) is 13.8 Å². The van der Waals surface area contributed by atoms with Crippen molar-refractivity contribution >= 4 is 11.6 Å². The average Bonchev–Trinajstić information content (AvgIpc) is 2.38. The van der Waals surface area contributed by atoms with Crippen LogP contribution in [0.2, 0.25) is 0 Å². The predicted octanol–water partition coefficient (Wildman–Crippen LogP) is 2.08. The summed E-state index contributed by atoms with van der Waals surface area (Å²) < 4.78 is 26.8. The van der Waals surface area contributed by atoms with E-state index in [0.717, 1.165) is 12.1 Å². The van der Waals surface area contributed by atoms with E-state index in [1.54, 1.807) is 0 Å². The van der Waals surface area contributed by atoms with Gasteiger partial charge in [0.2, 0.25) is 0 Å². The van der Waals surface area contributed by atoms with E-state index in [9.17, 15) is 13.6 Å². The average molecular weight is 286 g/mol. The van der Waals surface area contributed by atoms with Crippen LogP contribution in [0.5, 0.6) is 0 Å². The molecule has 0 aromatic heterocycles. The largest absolute Gasteiger partial charge is 0.396 e. The fraction of sp³-hybridized carbons (Fsp3) is 0.500. The molecule has 0 aliphatic rings. The topological polar surface area (TPSA) is 75.3 Å². The smallest absolute Gasteiger partial charge is 0.254 e. The van der Waals surface area contributed by atoms with Gasteiger partial charge in [-0.1, -0.05) is 13.8 Å². The van der Waals surface area contributed by atoms with Crippen molar-refractivity contribution in [2.45, 2.75) is 26.7 Å². The molecular weight excluding hydrogens is 266 g/mol. The number of aliphatic hydroxyl groups is 1. The molecule has 20 heavy (non-hydrogen) atoms. The molecule has 0 radical (unpaired) electrons. The molecule has 112 valence electrons. The number of hydrogen-bond donors (Lipinski definition) is 3. The highest BCUT2D eigenvalue weighted by molar-refractivity contribution is 5.95. The van der Waals surface area contributed by atoms with Crippen molar-refractivity contribution in [3.05, 3.63) is 29.3 Å². The Morgan fingerprint density at radius 1 is 1.40 bits per heavy atom. The number of anilines is 1. The molecule has 6 heteroatoms. The van der Waals surface area contributed by atoms with Crippen LogP contribution in [0.25, 0.3) is 0 Å². The Kier molecular flexibility index (Phi) is 5.44. The Labute approximate surface area is 117 Å². The zero-order valence-electron chi connectivity index (χ0n) is 11.7. The molecule has 0 unspecified atom stereocenters. The lowest BCUT2D eigenvalue weighted by Crippen LogP contribution is -2.34. The molecule has 0 atom stereocenters. The number of hydrogen-bond acceptors (Lipinski definition) is 3. The molecule has 0 aliphatic heterocycles. The second-order valence-corrected chi connectivity index (χ2v) is 5.53. The minimum atomic E-state index is -0.919. The van der Waals surface area contributed by atoms with Crippen LogP contribution in [-0.2, 0) is 0 Å². The van der Waals surface area contributed by atoms with Gasteiger partial charge in [0.25, 0.3) is 5.91 Å². The molecule has 1 aromatic carbocycles. The molecule has 0 saturated carbocycles. The van der Waals surface area contributed by atoms with E-state index >= 15 is 0 Å². The molecule has 1 aromatic rings. The number of amides is 1. The summed E-state index contributed by atoms with van der Waals surface area (Å²) >= 11 is 0. The van der Waals surface area contributed by atoms with Gasteiger partial charge >= 0.3 is 0 Å². The van der Waals surface area contributed by atoms with Gasteiger partial charge < -0.3 is 16.2 Å². The summed E-state index contributed by atoms with van der Waals surface area (Å²) in [5.41, 5.74) is 4.25. The molecular formula is C14H20F2N2O2. The summed E-state index contributed by atoms with van der Waals surface area (Å²) in [5, 5.41) is 11.4. The standard InChI is InChI=1S/C14H20F2N2O2/c1-14(2,4-3-5-19)8-18-13(20)10-6-9(15)7-11(17)12(10)16/h6-7,19H,3-5,8,17H2,1-2H3,(H,18,20). The molecule has 0 spiro atoms. The Morgan fingerprint density at radius 3 is 2.65 bits per heavy atom. The van der Waals surface area contributed by atoms with Crippen LogP contribution in [0.15, 0.2) is 12.1 Å². The summed E-state index contributed by atoms with van der Waals surface area (Å²) in [4.78, 5) is 11.9. The molecule has 0 heterocycles. The molecule has 1 rings (SSSR count). The van der Waals surface area contributed by atoms with Crippen molar-refractivity contribution in [2.24, 2.45) is 5.41 Å². The van der Waals surface area contributed by atoms with Crippen LogP contribution >= 0.6 is 0 Å². The van der Waals surface area contributed by atoms with E-state index in [1.165, 1.54) is 0 Å². The van der Waals surface area contributed by atoms with Gasteiger partial charge in [-0.25, -0.2) is 8.78 Å². The van der Waals surface area contributed by atoms with Crippen molar-refractivity contribution in [2.75, 3.05) is 18.9 Å². The third-order valence-electron chi connectivity index (χ3n) is 3.05. The normalized spacial score (nSPS) is 11.4. The zero-order chi connectivity index (χ0) is 15.3. The molecule has 1 amide bonds. The lowest BCUT2D eigenvalue weighted by molar-refractivity contribution is 0.0928. The van der Waals surface area contributed by atoms with Gasteiger partial charge in [0.1, 0.15) is 5.82 Å². The first-order valence-electron chi connectivity index (χ1n) is 6.40. The summed E-state index contributed by atoms with van der Waals surface area (Å²) in [7, 11) is 0. The number of rotatable bonds is 6. The second-order valence-electron chi connectivity index (χ2n) is 5.53. The van der Waals surface area contributed by atoms with E-state index in [2.05, 4.69) is 5.32 Å². The van der Waals surface area contributed by atoms with Crippen molar-refractivity contribution in [3.8, 4) is 0 Å². The lowest BCUT2D eigenvalue weighted by Gasteiger charge is -2.24. The fourth-order valence-electron chi connectivity index (χ4n) is 1.84. The maximum Gasteiger partial charge on any atom is 0.254 e. The van der Waals surface area contributed by atoms with Crippen molar-refractivity contribution in [3.63, 3.8) is 0 Å². The van der Waals surface area contributed by atoms with Crippen LogP contribution in [0, 0.1) is 17.0 Å². The highest BCUT2D eigenvalue weighted by Crippen LogP contribution is 2.22. The third kappa shape index (κ3) is 4.45. The summed E-state index contributed by atoms with van der Waals surface area (Å²) in [6.07, 6.45) is 1.32. The third-order valence-corrected chi connectivity index (χ3v) is 3.05. The van der Waals surface area contributed by atoms with E-state index in [4.69, 9.17) is 10.8 Å². The number of carbonyl (C=O) groups is 1. The van der Waals surface area contributed by atoms with Gasteiger partial charge in [0, 0.05) is 13.2 Å². The van der Waals surface area contributed by atoms with Crippen molar-refractivity contribution in [1.29, 1.82) is 0 Å². The summed E-state index contributed by atoms with van der Waals surface area (Å²) in [6.45, 7) is 4.20. The zero-order valence-corrected chi connectivity index (χ0v) is 11.7. The van der Waals surface area contributed by atoms with E-state index in [0.29, 0.717) is 19.4 Å². The van der Waals surface area contributed by atoms with Gasteiger partial charge in [0.15, 0.2) is 5.82 Å². The van der Waals surface area contributed by atoms with Crippen LogP contribution in [-0.4, -0.2) is 24.2 Å². The number of carbonyl (C=O) groups excluding carboxylic acids is 1. The highest BCUT2D eigenvalue weighted by atomic mass is 19.1. The minimum Gasteiger partial charge on any atom is -0.396 e. The van der Waals surface area contributed by atoms with Crippen LogP contribution < -0.4 is 11.1 Å². The molecule has 4 nitrogen and oxygen atoms in total. The Morgan fingerprint density at radius 2 is 2.05 bits per heavy atom. The number of aliphatic hydroxyl groups excluding tert-OH is 1. The predicted molar refractivity (Wildman–Crippen MR) is 73.2 cm³/mol. The first kappa shape index (κ1) is 16.4. The number of halogens is 2. The van der Waals surface area contributed by atoms with E-state index < -0.39 is 28.8 Å². The second kappa shape index (κ2) is 6.65. The van der Waals surface area contributed by atoms with Gasteiger partial charge in [-0.15, -0.1) is 0 Å². The van der Waals surface area contributed by atoms with E-state index in [-0.39, 0.29) is 12.0 Å². The summed E-state index contributed by atoms with van der Waals surface area (Å²) in [5.74, 6) is -2.38. The maximum absolute atomic E-state index is 13.7. The first-order valence-corrected chi connectivity index (χ1v) is 6.40. The van der Waals surface area contributed by atoms with Crippen molar-refractivity contribution in [1.82, 2.24) is 5.32 Å². The maximum atomic E-state index is 13.7. The van der Waals surface area contributed by atoms with Gasteiger partial charge in [-0.2, -0.15) is 0 Å². The van der Waals surface area contributed by atoms with Gasteiger partial charge in [-0.05, 0) is 30.4 Å². The Bertz CT molecular complexity index is 490. The number of nitrogen functional groups attached to an aromatic ring is 1. The van der Waals surface area contributed by atoms with Crippen LogP contribution in [0.3, 0.4) is 0 Å².